The maximum Gasteiger partial charge on any atom is 0.265 e. The van der Waals surface area contributed by atoms with Gasteiger partial charge in [0.2, 0.25) is 5.91 Å². The van der Waals surface area contributed by atoms with Crippen LogP contribution in [0.3, 0.4) is 0 Å². The molecule has 2 aromatic carbocycles. The molecule has 1 heterocycles. The van der Waals surface area contributed by atoms with Crippen LogP contribution in [0.2, 0.25) is 0 Å². The van der Waals surface area contributed by atoms with Crippen molar-refractivity contribution in [3.63, 3.8) is 0 Å². The molecule has 0 aliphatic carbocycles. The van der Waals surface area contributed by atoms with E-state index in [9.17, 15) is 9.59 Å². The summed E-state index contributed by atoms with van der Waals surface area (Å²) in [5.74, 6) is 0.278. The Kier molecular flexibility index (Phi) is 7.35. The normalized spacial score (nSPS) is 14.7. The highest BCUT2D eigenvalue weighted by molar-refractivity contribution is 9.10. The molecule has 3 rings (SSSR count). The number of hydrogen-bond donors (Lipinski definition) is 1. The lowest BCUT2D eigenvalue weighted by atomic mass is 10.2. The molecule has 0 aromatic heterocycles. The predicted molar refractivity (Wildman–Crippen MR) is 118 cm³/mol. The lowest BCUT2D eigenvalue weighted by Crippen LogP contribution is -2.43. The van der Waals surface area contributed by atoms with Crippen LogP contribution in [0.1, 0.15) is 5.56 Å². The summed E-state index contributed by atoms with van der Waals surface area (Å²) in [6, 6.07) is 13.2. The van der Waals surface area contributed by atoms with Gasteiger partial charge in [0.25, 0.3) is 5.91 Å². The van der Waals surface area contributed by atoms with E-state index >= 15 is 0 Å². The fraction of sp³-hybridized carbons (Fsp3) is 0.238. The number of carbonyl (C=O) groups excluding carboxylic acids is 2. The smallest absolute Gasteiger partial charge is 0.265 e. The molecule has 2 amide bonds. The average molecular weight is 477 g/mol. The number of hydrogen-bond acceptors (Lipinski definition) is 5. The number of benzene rings is 2. The minimum absolute atomic E-state index is 0.0518. The second kappa shape index (κ2) is 9.96. The number of amides is 2. The molecule has 1 aliphatic heterocycles. The minimum atomic E-state index is -0.233. The van der Waals surface area contributed by atoms with Gasteiger partial charge in [0, 0.05) is 18.6 Å². The van der Waals surface area contributed by atoms with Crippen LogP contribution in [0.4, 0.5) is 5.69 Å². The van der Waals surface area contributed by atoms with E-state index in [1.807, 2.05) is 48.5 Å². The highest BCUT2D eigenvalue weighted by atomic mass is 79.9. The molecule has 1 aliphatic rings. The number of methoxy groups -OCH3 is 2. The summed E-state index contributed by atoms with van der Waals surface area (Å²) < 4.78 is 11.0. The van der Waals surface area contributed by atoms with Crippen LogP contribution in [-0.4, -0.2) is 45.7 Å². The van der Waals surface area contributed by atoms with Gasteiger partial charge in [0.05, 0.1) is 28.8 Å². The van der Waals surface area contributed by atoms with Crippen molar-refractivity contribution in [3.05, 3.63) is 57.4 Å². The van der Waals surface area contributed by atoms with E-state index in [1.54, 1.807) is 14.2 Å². The van der Waals surface area contributed by atoms with Crippen LogP contribution in [0, 0.1) is 0 Å². The van der Waals surface area contributed by atoms with Crippen molar-refractivity contribution in [1.82, 2.24) is 5.32 Å². The second-order valence-electron chi connectivity index (χ2n) is 6.21. The third-order valence-electron chi connectivity index (χ3n) is 4.24. The first-order valence-corrected chi connectivity index (χ1v) is 10.5. The summed E-state index contributed by atoms with van der Waals surface area (Å²) in [4.78, 5) is 28.5. The molecule has 0 fully saturated rings. The third-order valence-corrected chi connectivity index (χ3v) is 5.93. The summed E-state index contributed by atoms with van der Waals surface area (Å²) in [6.07, 6.45) is 1.82. The average Bonchev–Trinajstić information content (AvgIpc) is 2.71. The van der Waals surface area contributed by atoms with Gasteiger partial charge in [-0.3, -0.25) is 14.5 Å². The first kappa shape index (κ1) is 21.4. The van der Waals surface area contributed by atoms with Crippen LogP contribution < -0.4 is 15.0 Å². The molecule has 0 spiro atoms. The Morgan fingerprint density at radius 1 is 1.24 bits per heavy atom. The van der Waals surface area contributed by atoms with Gasteiger partial charge in [-0.15, -0.1) is 0 Å². The maximum absolute atomic E-state index is 13.2. The molecule has 0 saturated heterocycles. The molecule has 0 atom stereocenters. The lowest BCUT2D eigenvalue weighted by molar-refractivity contribution is -0.122. The fourth-order valence-electron chi connectivity index (χ4n) is 2.83. The first-order valence-electron chi connectivity index (χ1n) is 8.93. The molecule has 0 unspecified atom stereocenters. The Balaban J connectivity index is 1.88. The number of anilines is 1. The minimum Gasteiger partial charge on any atom is -0.496 e. The summed E-state index contributed by atoms with van der Waals surface area (Å²) >= 11 is 4.87. The summed E-state index contributed by atoms with van der Waals surface area (Å²) in [7, 11) is 3.17. The van der Waals surface area contributed by atoms with Crippen molar-refractivity contribution in [2.24, 2.45) is 0 Å². The SMILES string of the molecule is COCCNC(=O)CN1C(=O)C(=Cc2ccc(OC)c(Br)c2)Sc2ccccc21. The molecule has 29 heavy (non-hydrogen) atoms. The number of thioether (sulfide) groups is 1. The second-order valence-corrected chi connectivity index (χ2v) is 8.14. The van der Waals surface area contributed by atoms with Crippen LogP contribution >= 0.6 is 27.7 Å². The Hall–Kier alpha value is -2.29. The zero-order chi connectivity index (χ0) is 20.8. The molecule has 6 nitrogen and oxygen atoms in total. The van der Waals surface area contributed by atoms with Crippen molar-refractivity contribution in [2.45, 2.75) is 4.90 Å². The van der Waals surface area contributed by atoms with Crippen LogP contribution in [0.15, 0.2) is 56.7 Å². The Bertz CT molecular complexity index is 948. The highest BCUT2D eigenvalue weighted by Gasteiger charge is 2.30. The Morgan fingerprint density at radius 2 is 2.03 bits per heavy atom. The topological polar surface area (TPSA) is 67.9 Å². The first-order chi connectivity index (χ1) is 14.0. The molecule has 8 heteroatoms. The summed E-state index contributed by atoms with van der Waals surface area (Å²) in [6.45, 7) is 0.768. The van der Waals surface area contributed by atoms with Crippen molar-refractivity contribution in [1.29, 1.82) is 0 Å². The van der Waals surface area contributed by atoms with Gasteiger partial charge >= 0.3 is 0 Å². The van der Waals surface area contributed by atoms with Gasteiger partial charge in [0.15, 0.2) is 0 Å². The number of halogens is 1. The number of nitrogens with zero attached hydrogens (tertiary/aromatic N) is 1. The van der Waals surface area contributed by atoms with E-state index in [2.05, 4.69) is 21.2 Å². The Morgan fingerprint density at radius 3 is 2.76 bits per heavy atom. The van der Waals surface area contributed by atoms with E-state index in [-0.39, 0.29) is 18.4 Å². The molecule has 0 radical (unpaired) electrons. The van der Waals surface area contributed by atoms with Gasteiger partial charge in [-0.1, -0.05) is 30.0 Å². The molecule has 2 aromatic rings. The quantitative estimate of drug-likeness (QED) is 0.487. The number of nitrogens with one attached hydrogen (secondary N) is 1. The number of rotatable bonds is 7. The number of carbonyl (C=O) groups is 2. The summed E-state index contributed by atoms with van der Waals surface area (Å²) in [5, 5.41) is 2.76. The van der Waals surface area contributed by atoms with Crippen LogP contribution in [0.5, 0.6) is 5.75 Å². The molecular formula is C21H21BrN2O4S. The van der Waals surface area contributed by atoms with E-state index in [0.717, 1.165) is 26.4 Å². The zero-order valence-corrected chi connectivity index (χ0v) is 18.5. The van der Waals surface area contributed by atoms with Crippen LogP contribution in [0.25, 0.3) is 6.08 Å². The molecule has 0 saturated carbocycles. The number of fused-ring (bicyclic) bond motifs is 1. The molecular weight excluding hydrogens is 456 g/mol. The number of para-hydroxylation sites is 1. The summed E-state index contributed by atoms with van der Waals surface area (Å²) in [5.41, 5.74) is 1.59. The largest absolute Gasteiger partial charge is 0.496 e. The zero-order valence-electron chi connectivity index (χ0n) is 16.1. The van der Waals surface area contributed by atoms with Gasteiger partial charge in [-0.2, -0.15) is 0 Å². The van der Waals surface area contributed by atoms with Crippen LogP contribution in [-0.2, 0) is 14.3 Å². The Labute approximate surface area is 182 Å². The molecule has 0 bridgehead atoms. The maximum atomic E-state index is 13.2. The number of ether oxygens (including phenoxy) is 2. The third kappa shape index (κ3) is 5.20. The van der Waals surface area contributed by atoms with Crippen molar-refractivity contribution in [2.75, 3.05) is 38.8 Å². The fourth-order valence-corrected chi connectivity index (χ4v) is 4.45. The molecule has 152 valence electrons. The monoisotopic (exact) mass is 476 g/mol. The van der Waals surface area contributed by atoms with Gasteiger partial charge in [-0.05, 0) is 51.8 Å². The van der Waals surface area contributed by atoms with Crippen molar-refractivity contribution >= 4 is 51.3 Å². The van der Waals surface area contributed by atoms with E-state index in [4.69, 9.17) is 9.47 Å². The standard InChI is InChI=1S/C21H21BrN2O4S/c1-27-10-9-23-20(25)13-24-16-5-3-4-6-18(16)29-19(21(24)26)12-14-7-8-17(28-2)15(22)11-14/h3-8,11-12H,9-10,13H2,1-2H3,(H,23,25). The predicted octanol–water partition coefficient (Wildman–Crippen LogP) is 3.70. The van der Waals surface area contributed by atoms with Crippen molar-refractivity contribution in [3.8, 4) is 5.75 Å². The molecule has 1 N–H and O–H groups in total. The van der Waals surface area contributed by atoms with Gasteiger partial charge < -0.3 is 14.8 Å². The van der Waals surface area contributed by atoms with Gasteiger partial charge in [0.1, 0.15) is 12.3 Å². The highest BCUT2D eigenvalue weighted by Crippen LogP contribution is 2.42. The van der Waals surface area contributed by atoms with Crippen molar-refractivity contribution < 1.29 is 19.1 Å². The van der Waals surface area contributed by atoms with Gasteiger partial charge in [-0.25, -0.2) is 0 Å². The van der Waals surface area contributed by atoms with E-state index < -0.39 is 0 Å². The van der Waals surface area contributed by atoms with E-state index in [0.29, 0.717) is 18.1 Å². The lowest BCUT2D eigenvalue weighted by Gasteiger charge is -2.29. The van der Waals surface area contributed by atoms with E-state index in [1.165, 1.54) is 16.7 Å².